The number of unbranched alkanes of at least 4 members (excludes halogenated alkanes) is 1. The van der Waals surface area contributed by atoms with Gasteiger partial charge in [0.2, 0.25) is 16.8 Å². The Balaban J connectivity index is 1.24. The number of sulfonamides is 1. The first-order valence-electron chi connectivity index (χ1n) is 17.6. The first-order chi connectivity index (χ1) is 24.9. The molecule has 0 aliphatic carbocycles. The molecule has 0 spiro atoms. The average molecular weight is 758 g/mol. The third-order valence-electron chi connectivity index (χ3n) is 9.96. The number of carbonyl (C=O) groups excluding carboxylic acids is 1. The fraction of sp³-hybridized carbons (Fsp3) is 0.514. The van der Waals surface area contributed by atoms with Crippen LogP contribution in [0.25, 0.3) is 0 Å². The van der Waals surface area contributed by atoms with E-state index in [-0.39, 0.29) is 49.6 Å². The summed E-state index contributed by atoms with van der Waals surface area (Å²) >= 11 is 1.38. The van der Waals surface area contributed by atoms with Gasteiger partial charge < -0.3 is 34.5 Å². The van der Waals surface area contributed by atoms with Crippen LogP contribution < -0.4 is 14.8 Å². The number of aliphatic hydroxyl groups excluding tert-OH is 1. The van der Waals surface area contributed by atoms with Crippen molar-refractivity contribution in [3.05, 3.63) is 76.5 Å². The first kappa shape index (κ1) is 38.0. The maximum absolute atomic E-state index is 14.5. The highest BCUT2D eigenvalue weighted by atomic mass is 32.2. The van der Waals surface area contributed by atoms with E-state index in [2.05, 4.69) is 5.32 Å². The van der Waals surface area contributed by atoms with Gasteiger partial charge in [-0.25, -0.2) is 13.2 Å². The standard InChI is InChI=1S/C37H47N3O10S2/c1-37(2,15-6-7-16-38-34(42)33-11-8-18-51-33)23-39(52(45,46)26-12-13-31-32(20-26)50-24-49-31)21-30(41)28(19-25-9-4-3-5-10-25)40(36(43)44)29-22-48-35-27(29)14-17-47-35/h3-5,8-13,18,20,27-30,35,41H,6-7,14-17,19,21-24H2,1-2H3,(H,38,42)(H,43,44)/t27-,28-,29-,30+,35+/m0/s1. The lowest BCUT2D eigenvalue weighted by Crippen LogP contribution is -2.58. The molecule has 3 N–H and O–H groups in total. The van der Waals surface area contributed by atoms with Gasteiger partial charge in [-0.15, -0.1) is 11.3 Å². The molecule has 5 atom stereocenters. The van der Waals surface area contributed by atoms with Crippen molar-refractivity contribution in [3.63, 3.8) is 0 Å². The number of hydrogen-bond donors (Lipinski definition) is 3. The summed E-state index contributed by atoms with van der Waals surface area (Å²) in [5.74, 6) is 0.415. The highest BCUT2D eigenvalue weighted by Gasteiger charge is 2.49. The Morgan fingerprint density at radius 3 is 2.58 bits per heavy atom. The maximum Gasteiger partial charge on any atom is 0.407 e. The summed E-state index contributed by atoms with van der Waals surface area (Å²) in [6, 6.07) is 15.7. The van der Waals surface area contributed by atoms with Crippen molar-refractivity contribution in [2.75, 3.05) is 39.6 Å². The largest absolute Gasteiger partial charge is 0.465 e. The smallest absolute Gasteiger partial charge is 0.407 e. The highest BCUT2D eigenvalue weighted by Crippen LogP contribution is 2.38. The predicted molar refractivity (Wildman–Crippen MR) is 193 cm³/mol. The van der Waals surface area contributed by atoms with Crippen molar-refractivity contribution in [2.24, 2.45) is 11.3 Å². The molecule has 13 nitrogen and oxygen atoms in total. The minimum atomic E-state index is -4.24. The lowest BCUT2D eigenvalue weighted by atomic mass is 9.87. The minimum absolute atomic E-state index is 0.0218. The van der Waals surface area contributed by atoms with Crippen LogP contribution in [-0.4, -0.2) is 104 Å². The number of aliphatic hydroxyl groups is 1. The monoisotopic (exact) mass is 757 g/mol. The molecule has 52 heavy (non-hydrogen) atoms. The van der Waals surface area contributed by atoms with Crippen LogP contribution in [0.15, 0.2) is 70.9 Å². The van der Waals surface area contributed by atoms with Gasteiger partial charge in [0.1, 0.15) is 0 Å². The molecule has 0 radical (unpaired) electrons. The van der Waals surface area contributed by atoms with E-state index in [0.29, 0.717) is 55.2 Å². The van der Waals surface area contributed by atoms with Crippen LogP contribution in [0.1, 0.15) is 54.8 Å². The van der Waals surface area contributed by atoms with Crippen molar-refractivity contribution in [3.8, 4) is 11.5 Å². The molecule has 4 heterocycles. The zero-order chi connectivity index (χ0) is 36.9. The van der Waals surface area contributed by atoms with E-state index in [1.807, 2.05) is 55.6 Å². The van der Waals surface area contributed by atoms with E-state index in [9.17, 15) is 28.2 Å². The van der Waals surface area contributed by atoms with Crippen LogP contribution in [0.4, 0.5) is 4.79 Å². The van der Waals surface area contributed by atoms with Gasteiger partial charge in [0.25, 0.3) is 5.91 Å². The molecule has 2 aromatic carbocycles. The number of carbonyl (C=O) groups is 2. The lowest BCUT2D eigenvalue weighted by Gasteiger charge is -2.40. The fourth-order valence-corrected chi connectivity index (χ4v) is 9.58. The van der Waals surface area contributed by atoms with Crippen LogP contribution in [-0.2, 0) is 25.9 Å². The van der Waals surface area contributed by atoms with Gasteiger partial charge in [-0.05, 0) is 60.2 Å². The Hall–Kier alpha value is -3.73. The van der Waals surface area contributed by atoms with E-state index in [1.165, 1.54) is 32.7 Å². The van der Waals surface area contributed by atoms with Gasteiger partial charge >= 0.3 is 6.09 Å². The SMILES string of the molecule is CC(C)(CCCCNC(=O)c1cccs1)CN(C[C@@H](O)[C@H](Cc1ccccc1)N(C(=O)O)[C@H]1CO[C@H]2OCC[C@H]21)S(=O)(=O)c1ccc2c(c1)OCO2. The Bertz CT molecular complexity index is 1770. The Labute approximate surface area is 308 Å². The van der Waals surface area contributed by atoms with Crippen LogP contribution in [0, 0.1) is 11.3 Å². The molecule has 6 rings (SSSR count). The van der Waals surface area contributed by atoms with Crippen molar-refractivity contribution >= 4 is 33.4 Å². The molecule has 0 unspecified atom stereocenters. The third-order valence-corrected chi connectivity index (χ3v) is 12.6. The highest BCUT2D eigenvalue weighted by molar-refractivity contribution is 7.89. The van der Waals surface area contributed by atoms with E-state index in [4.69, 9.17) is 18.9 Å². The maximum atomic E-state index is 14.5. The fourth-order valence-electron chi connectivity index (χ4n) is 7.28. The Kier molecular flexibility index (Phi) is 12.1. The molecule has 15 heteroatoms. The van der Waals surface area contributed by atoms with Gasteiger partial charge in [0.15, 0.2) is 17.8 Å². The molecular formula is C37H47N3O10S2. The topological polar surface area (TPSA) is 164 Å². The number of nitrogens with one attached hydrogen (secondary N) is 1. The van der Waals surface area contributed by atoms with Crippen LogP contribution >= 0.6 is 11.3 Å². The summed E-state index contributed by atoms with van der Waals surface area (Å²) in [6.45, 7) is 4.62. The molecule has 1 aromatic heterocycles. The van der Waals surface area contributed by atoms with Crippen LogP contribution in [0.2, 0.25) is 0 Å². The summed E-state index contributed by atoms with van der Waals surface area (Å²) in [5, 5.41) is 27.6. The molecule has 2 amide bonds. The van der Waals surface area contributed by atoms with Gasteiger partial charge in [-0.1, -0.05) is 56.7 Å². The molecule has 0 bridgehead atoms. The molecule has 2 saturated heterocycles. The zero-order valence-corrected chi connectivity index (χ0v) is 31.0. The van der Waals surface area contributed by atoms with Crippen molar-refractivity contribution in [1.82, 2.24) is 14.5 Å². The summed E-state index contributed by atoms with van der Waals surface area (Å²) in [6.07, 6.45) is -0.349. The van der Waals surface area contributed by atoms with E-state index in [1.54, 1.807) is 12.1 Å². The van der Waals surface area contributed by atoms with Gasteiger partial charge in [-0.2, -0.15) is 4.31 Å². The van der Waals surface area contributed by atoms with E-state index >= 15 is 0 Å². The zero-order valence-electron chi connectivity index (χ0n) is 29.4. The van der Waals surface area contributed by atoms with Crippen molar-refractivity contribution in [2.45, 2.75) is 75.3 Å². The Morgan fingerprint density at radius 2 is 1.83 bits per heavy atom. The minimum Gasteiger partial charge on any atom is -0.465 e. The predicted octanol–water partition coefficient (Wildman–Crippen LogP) is 4.81. The van der Waals surface area contributed by atoms with E-state index < -0.39 is 46.0 Å². The number of nitrogens with zero attached hydrogens (tertiary/aromatic N) is 2. The normalized spacial score (nSPS) is 20.8. The van der Waals surface area contributed by atoms with Crippen molar-refractivity contribution in [1.29, 1.82) is 0 Å². The van der Waals surface area contributed by atoms with Gasteiger partial charge in [-0.3, -0.25) is 9.69 Å². The molecule has 3 aliphatic heterocycles. The number of rotatable bonds is 17. The average Bonchev–Trinajstić information content (AvgIpc) is 3.94. The number of ether oxygens (including phenoxy) is 4. The summed E-state index contributed by atoms with van der Waals surface area (Å²) in [4.78, 5) is 27.3. The van der Waals surface area contributed by atoms with Crippen LogP contribution in [0.3, 0.4) is 0 Å². The third kappa shape index (κ3) is 8.89. The number of amides is 2. The number of hydrogen-bond acceptors (Lipinski definition) is 10. The summed E-state index contributed by atoms with van der Waals surface area (Å²) in [7, 11) is -4.24. The molecule has 3 aromatic rings. The van der Waals surface area contributed by atoms with Crippen LogP contribution in [0.5, 0.6) is 11.5 Å². The molecule has 0 saturated carbocycles. The molecular weight excluding hydrogens is 711 g/mol. The second-order valence-corrected chi connectivity index (χ2v) is 17.2. The number of benzene rings is 2. The summed E-state index contributed by atoms with van der Waals surface area (Å²) < 4.78 is 52.7. The summed E-state index contributed by atoms with van der Waals surface area (Å²) in [5.41, 5.74) is 0.239. The second kappa shape index (κ2) is 16.5. The first-order valence-corrected chi connectivity index (χ1v) is 19.9. The number of thiophene rings is 1. The van der Waals surface area contributed by atoms with Crippen molar-refractivity contribution < 1.29 is 47.2 Å². The number of carboxylic acid groups (broad SMARTS) is 1. The Morgan fingerprint density at radius 1 is 1.04 bits per heavy atom. The molecule has 282 valence electrons. The van der Waals surface area contributed by atoms with Gasteiger partial charge in [0.05, 0.1) is 41.2 Å². The molecule has 3 aliphatic rings. The number of fused-ring (bicyclic) bond motifs is 2. The quantitative estimate of drug-likeness (QED) is 0.163. The van der Waals surface area contributed by atoms with E-state index in [0.717, 1.165) is 5.56 Å². The lowest BCUT2D eigenvalue weighted by molar-refractivity contribution is -0.0906. The molecule has 2 fully saturated rings. The second-order valence-electron chi connectivity index (χ2n) is 14.3. The van der Waals surface area contributed by atoms with Gasteiger partial charge in [0, 0.05) is 31.6 Å².